The van der Waals surface area contributed by atoms with Crippen LogP contribution in [0.25, 0.3) is 0 Å². The number of amides is 2. The van der Waals surface area contributed by atoms with E-state index >= 15 is 0 Å². The third-order valence-corrected chi connectivity index (χ3v) is 7.37. The summed E-state index contributed by atoms with van der Waals surface area (Å²) in [6.45, 7) is 3.01. The van der Waals surface area contributed by atoms with Crippen molar-refractivity contribution in [2.24, 2.45) is 5.92 Å². The van der Waals surface area contributed by atoms with Gasteiger partial charge in [-0.15, -0.1) is 0 Å². The Morgan fingerprint density at radius 2 is 1.91 bits per heavy atom. The average Bonchev–Trinajstić information content (AvgIpc) is 3.18. The quantitative estimate of drug-likeness (QED) is 0.590. The molecule has 0 aromatic heterocycles. The van der Waals surface area contributed by atoms with Gasteiger partial charge in [-0.25, -0.2) is 0 Å². The van der Waals surface area contributed by atoms with Crippen molar-refractivity contribution in [1.82, 2.24) is 10.2 Å². The van der Waals surface area contributed by atoms with Gasteiger partial charge in [-0.1, -0.05) is 48.0 Å². The van der Waals surface area contributed by atoms with Crippen LogP contribution >= 0.6 is 11.6 Å². The number of halogens is 1. The summed E-state index contributed by atoms with van der Waals surface area (Å²) in [7, 11) is 0. The minimum Gasteiger partial charge on any atom is -0.484 e. The molecule has 1 atom stereocenters. The molecule has 2 N–H and O–H groups in total. The molecule has 2 fully saturated rings. The number of benzene rings is 2. The maximum Gasteiger partial charge on any atom is 0.258 e. The van der Waals surface area contributed by atoms with Crippen LogP contribution < -0.4 is 10.1 Å². The van der Waals surface area contributed by atoms with Crippen LogP contribution in [0.3, 0.4) is 0 Å². The number of nitrogens with one attached hydrogen (secondary N) is 1. The molecule has 7 heteroatoms. The van der Waals surface area contributed by atoms with Gasteiger partial charge in [0, 0.05) is 30.1 Å². The van der Waals surface area contributed by atoms with Crippen molar-refractivity contribution in [1.29, 1.82) is 0 Å². The zero-order chi connectivity index (χ0) is 24.1. The lowest BCUT2D eigenvalue weighted by Crippen LogP contribution is -2.43. The van der Waals surface area contributed by atoms with Crippen LogP contribution in [-0.4, -0.2) is 46.6 Å². The van der Waals surface area contributed by atoms with Gasteiger partial charge in [0.05, 0.1) is 5.60 Å². The Morgan fingerprint density at radius 1 is 1.18 bits per heavy atom. The molecule has 34 heavy (non-hydrogen) atoms. The predicted octanol–water partition coefficient (Wildman–Crippen LogP) is 4.12. The number of ether oxygens (including phenoxy) is 1. The van der Waals surface area contributed by atoms with Gasteiger partial charge < -0.3 is 20.1 Å². The number of nitrogens with zero attached hydrogens (tertiary/aromatic N) is 1. The lowest BCUT2D eigenvalue weighted by Gasteiger charge is -2.37. The molecule has 182 valence electrons. The van der Waals surface area contributed by atoms with Crippen LogP contribution in [0.5, 0.6) is 5.75 Å². The van der Waals surface area contributed by atoms with E-state index in [2.05, 4.69) is 5.32 Å². The molecule has 1 aliphatic carbocycles. The van der Waals surface area contributed by atoms with Crippen LogP contribution in [0, 0.1) is 5.92 Å². The number of hydrogen-bond donors (Lipinski definition) is 2. The zero-order valence-electron chi connectivity index (χ0n) is 19.6. The Morgan fingerprint density at radius 3 is 2.62 bits per heavy atom. The van der Waals surface area contributed by atoms with E-state index in [0.717, 1.165) is 49.8 Å². The van der Waals surface area contributed by atoms with Crippen molar-refractivity contribution in [3.8, 4) is 5.75 Å². The lowest BCUT2D eigenvalue weighted by molar-refractivity contribution is -0.134. The van der Waals surface area contributed by atoms with E-state index in [4.69, 9.17) is 16.3 Å². The second-order valence-electron chi connectivity index (χ2n) is 9.75. The fourth-order valence-electron chi connectivity index (χ4n) is 4.90. The van der Waals surface area contributed by atoms with Crippen molar-refractivity contribution in [3.05, 3.63) is 64.7 Å². The SMILES string of the molecule is CC1(O)CCC(N2CCC(Cc3ccc(OCC(=O)NCc4ccccc4)cc3Cl)C2=O)CC1. The number of rotatable bonds is 8. The van der Waals surface area contributed by atoms with E-state index in [-0.39, 0.29) is 30.4 Å². The Hall–Kier alpha value is -2.57. The van der Waals surface area contributed by atoms with Crippen LogP contribution in [0.4, 0.5) is 0 Å². The highest BCUT2D eigenvalue weighted by Gasteiger charge is 2.39. The van der Waals surface area contributed by atoms with Crippen LogP contribution in [0.15, 0.2) is 48.5 Å². The average molecular weight is 485 g/mol. The van der Waals surface area contributed by atoms with E-state index in [0.29, 0.717) is 23.7 Å². The normalized spacial score (nSPS) is 24.8. The maximum absolute atomic E-state index is 13.0. The molecule has 4 rings (SSSR count). The Bertz CT molecular complexity index is 1000. The molecule has 2 aromatic carbocycles. The minimum atomic E-state index is -0.599. The summed E-state index contributed by atoms with van der Waals surface area (Å²) in [5, 5.41) is 13.6. The molecule has 2 aliphatic rings. The topological polar surface area (TPSA) is 78.9 Å². The number of hydrogen-bond acceptors (Lipinski definition) is 4. The Kier molecular flexibility index (Phi) is 7.79. The monoisotopic (exact) mass is 484 g/mol. The van der Waals surface area contributed by atoms with Crippen molar-refractivity contribution < 1.29 is 19.4 Å². The first-order chi connectivity index (χ1) is 16.3. The first-order valence-electron chi connectivity index (χ1n) is 12.1. The Labute approximate surface area is 206 Å². The number of aliphatic hydroxyl groups is 1. The van der Waals surface area contributed by atoms with Gasteiger partial charge in [-0.05, 0) is 68.7 Å². The molecular weight excluding hydrogens is 452 g/mol. The van der Waals surface area contributed by atoms with Gasteiger partial charge in [0.25, 0.3) is 5.91 Å². The highest BCUT2D eigenvalue weighted by molar-refractivity contribution is 6.31. The van der Waals surface area contributed by atoms with Crippen molar-refractivity contribution in [2.45, 2.75) is 63.6 Å². The van der Waals surface area contributed by atoms with Gasteiger partial charge in [-0.3, -0.25) is 9.59 Å². The smallest absolute Gasteiger partial charge is 0.258 e. The molecule has 1 heterocycles. The first-order valence-corrected chi connectivity index (χ1v) is 12.4. The predicted molar refractivity (Wildman–Crippen MR) is 132 cm³/mol. The molecule has 0 bridgehead atoms. The molecule has 6 nitrogen and oxygen atoms in total. The molecule has 0 radical (unpaired) electrons. The number of likely N-dealkylation sites (tertiary alicyclic amines) is 1. The van der Waals surface area contributed by atoms with Crippen LogP contribution in [0.2, 0.25) is 5.02 Å². The molecule has 0 spiro atoms. The third kappa shape index (κ3) is 6.30. The largest absolute Gasteiger partial charge is 0.484 e. The Balaban J connectivity index is 1.25. The molecule has 1 aliphatic heterocycles. The molecular formula is C27H33ClN2O4. The molecule has 1 saturated carbocycles. The van der Waals surface area contributed by atoms with Gasteiger partial charge in [0.2, 0.25) is 5.91 Å². The first kappa shape index (κ1) is 24.6. The highest BCUT2D eigenvalue weighted by Crippen LogP contribution is 2.35. The molecule has 1 saturated heterocycles. The second kappa shape index (κ2) is 10.8. The van der Waals surface area contributed by atoms with Gasteiger partial charge in [0.15, 0.2) is 6.61 Å². The summed E-state index contributed by atoms with van der Waals surface area (Å²) in [5.74, 6) is 0.440. The maximum atomic E-state index is 13.0. The van der Waals surface area contributed by atoms with Crippen molar-refractivity contribution >= 4 is 23.4 Å². The summed E-state index contributed by atoms with van der Waals surface area (Å²) in [4.78, 5) is 27.1. The fraction of sp³-hybridized carbons (Fsp3) is 0.481. The van der Waals surface area contributed by atoms with E-state index in [1.165, 1.54) is 0 Å². The molecule has 2 aromatic rings. The van der Waals surface area contributed by atoms with Crippen molar-refractivity contribution in [2.75, 3.05) is 13.2 Å². The standard InChI is InChI=1S/C27H33ClN2O4/c1-27(33)12-9-22(10-13-27)30-14-11-21(26(30)32)15-20-7-8-23(16-24(20)28)34-18-25(31)29-17-19-5-3-2-4-6-19/h2-8,16,21-22,33H,9-15,17-18H2,1H3,(H,29,31). The lowest BCUT2D eigenvalue weighted by atomic mass is 9.83. The second-order valence-corrected chi connectivity index (χ2v) is 10.2. The summed E-state index contributed by atoms with van der Waals surface area (Å²) >= 11 is 6.50. The van der Waals surface area contributed by atoms with Gasteiger partial charge >= 0.3 is 0 Å². The van der Waals surface area contributed by atoms with E-state index in [1.54, 1.807) is 12.1 Å². The fourth-order valence-corrected chi connectivity index (χ4v) is 5.14. The van der Waals surface area contributed by atoms with Gasteiger partial charge in [0.1, 0.15) is 5.75 Å². The summed E-state index contributed by atoms with van der Waals surface area (Å²) in [6.07, 6.45) is 4.61. The van der Waals surface area contributed by atoms with E-state index < -0.39 is 5.60 Å². The van der Waals surface area contributed by atoms with Crippen molar-refractivity contribution in [3.63, 3.8) is 0 Å². The molecule has 1 unspecified atom stereocenters. The van der Waals surface area contributed by atoms with E-state index in [9.17, 15) is 14.7 Å². The van der Waals surface area contributed by atoms with E-state index in [1.807, 2.05) is 48.2 Å². The molecule has 2 amide bonds. The highest BCUT2D eigenvalue weighted by atomic mass is 35.5. The van der Waals surface area contributed by atoms with Crippen LogP contribution in [0.1, 0.15) is 50.2 Å². The number of carbonyl (C=O) groups excluding carboxylic acids is 2. The minimum absolute atomic E-state index is 0.0736. The summed E-state index contributed by atoms with van der Waals surface area (Å²) < 4.78 is 5.60. The number of carbonyl (C=O) groups is 2. The third-order valence-electron chi connectivity index (χ3n) is 7.02. The zero-order valence-corrected chi connectivity index (χ0v) is 20.4. The van der Waals surface area contributed by atoms with Crippen LogP contribution in [-0.2, 0) is 22.6 Å². The summed E-state index contributed by atoms with van der Waals surface area (Å²) in [6, 6.07) is 15.3. The van der Waals surface area contributed by atoms with Gasteiger partial charge in [-0.2, -0.15) is 0 Å². The summed E-state index contributed by atoms with van der Waals surface area (Å²) in [5.41, 5.74) is 1.34.